The van der Waals surface area contributed by atoms with E-state index in [4.69, 9.17) is 18.0 Å². The lowest BCUT2D eigenvalue weighted by molar-refractivity contribution is 0.837. The monoisotopic (exact) mass is 282 g/mol. The molecule has 0 fully saturated rings. The quantitative estimate of drug-likeness (QED) is 0.734. The molecule has 0 aliphatic carbocycles. The van der Waals surface area contributed by atoms with Crippen LogP contribution in [0.1, 0.15) is 17.0 Å². The molecule has 1 aromatic carbocycles. The molecule has 5 heteroatoms. The Balaban J connectivity index is 2.45. The minimum atomic E-state index is 0.325. The second kappa shape index (κ2) is 4.68. The number of para-hydroxylation sites is 1. The number of hydrogen-bond donors (Lipinski definition) is 1. The Hall–Kier alpha value is -2.27. The molecule has 2 N–H and O–H groups in total. The first kappa shape index (κ1) is 12.7. The van der Waals surface area contributed by atoms with Gasteiger partial charge in [0.1, 0.15) is 4.99 Å². The van der Waals surface area contributed by atoms with Crippen molar-refractivity contribution in [2.75, 3.05) is 0 Å². The molecule has 4 nitrogen and oxygen atoms in total. The van der Waals surface area contributed by atoms with Gasteiger partial charge in [-0.3, -0.25) is 4.98 Å². The second-order valence-corrected chi connectivity index (χ2v) is 5.18. The minimum Gasteiger partial charge on any atom is -0.389 e. The number of aryl methyl sites for hydroxylation is 2. The Morgan fingerprint density at radius 3 is 2.65 bits per heavy atom. The van der Waals surface area contributed by atoms with Crippen LogP contribution < -0.4 is 5.73 Å². The molecule has 0 aliphatic heterocycles. The third-order valence-corrected chi connectivity index (χ3v) is 3.45. The van der Waals surface area contributed by atoms with E-state index in [1.807, 2.05) is 48.9 Å². The standard InChI is InChI=1S/C15H14N4S/c1-9-7-10(2)19(18-9)14-11-5-3-4-6-13(11)17-8-12(14)15(16)20/h3-8H,1-2H3,(H2,16,20). The predicted octanol–water partition coefficient (Wildman–Crippen LogP) is 2.67. The first-order valence-electron chi connectivity index (χ1n) is 6.29. The summed E-state index contributed by atoms with van der Waals surface area (Å²) in [6.45, 7) is 3.98. The van der Waals surface area contributed by atoms with E-state index in [0.29, 0.717) is 4.99 Å². The van der Waals surface area contributed by atoms with Crippen LogP contribution in [0.5, 0.6) is 0 Å². The van der Waals surface area contributed by atoms with Gasteiger partial charge in [-0.25, -0.2) is 4.68 Å². The second-order valence-electron chi connectivity index (χ2n) is 4.74. The summed E-state index contributed by atoms with van der Waals surface area (Å²) in [4.78, 5) is 4.74. The maximum Gasteiger partial charge on any atom is 0.107 e. The molecule has 2 heterocycles. The number of pyridine rings is 1. The van der Waals surface area contributed by atoms with Crippen LogP contribution in [-0.2, 0) is 0 Å². The molecule has 0 aliphatic rings. The van der Waals surface area contributed by atoms with Crippen LogP contribution >= 0.6 is 12.2 Å². The fourth-order valence-corrected chi connectivity index (χ4v) is 2.54. The van der Waals surface area contributed by atoms with Crippen LogP contribution in [0, 0.1) is 13.8 Å². The lowest BCUT2D eigenvalue weighted by atomic mass is 10.1. The van der Waals surface area contributed by atoms with Crippen LogP contribution in [-0.4, -0.2) is 19.8 Å². The van der Waals surface area contributed by atoms with Gasteiger partial charge in [0.2, 0.25) is 0 Å². The van der Waals surface area contributed by atoms with Crippen molar-refractivity contribution in [1.29, 1.82) is 0 Å². The number of hydrogen-bond acceptors (Lipinski definition) is 3. The van der Waals surface area contributed by atoms with E-state index in [-0.39, 0.29) is 0 Å². The van der Waals surface area contributed by atoms with Crippen LogP contribution in [0.15, 0.2) is 36.5 Å². The van der Waals surface area contributed by atoms with Crippen LogP contribution in [0.25, 0.3) is 16.6 Å². The number of benzene rings is 1. The van der Waals surface area contributed by atoms with Gasteiger partial charge in [0.25, 0.3) is 0 Å². The molecule has 0 radical (unpaired) electrons. The van der Waals surface area contributed by atoms with Gasteiger partial charge in [0.05, 0.1) is 22.5 Å². The Bertz CT molecular complexity index is 820. The average molecular weight is 282 g/mol. The van der Waals surface area contributed by atoms with Crippen molar-refractivity contribution < 1.29 is 0 Å². The number of thiocarbonyl (C=S) groups is 1. The van der Waals surface area contributed by atoms with Crippen molar-refractivity contribution in [3.8, 4) is 5.69 Å². The van der Waals surface area contributed by atoms with Gasteiger partial charge in [-0.2, -0.15) is 5.10 Å². The minimum absolute atomic E-state index is 0.325. The summed E-state index contributed by atoms with van der Waals surface area (Å²) in [6, 6.07) is 9.94. The Labute approximate surface area is 122 Å². The summed E-state index contributed by atoms with van der Waals surface area (Å²) >= 11 is 5.16. The van der Waals surface area contributed by atoms with E-state index < -0.39 is 0 Å². The van der Waals surface area contributed by atoms with E-state index in [2.05, 4.69) is 10.1 Å². The van der Waals surface area contributed by atoms with Gasteiger partial charge in [0.15, 0.2) is 0 Å². The SMILES string of the molecule is Cc1cc(C)n(-c2c(C(N)=S)cnc3ccccc23)n1. The fraction of sp³-hybridized carbons (Fsp3) is 0.133. The molecule has 0 saturated heterocycles. The van der Waals surface area contributed by atoms with Crippen molar-refractivity contribution in [3.05, 3.63) is 53.5 Å². The van der Waals surface area contributed by atoms with Gasteiger partial charge in [0, 0.05) is 17.3 Å². The topological polar surface area (TPSA) is 56.7 Å². The molecule has 0 unspecified atom stereocenters. The third-order valence-electron chi connectivity index (χ3n) is 3.23. The molecule has 3 rings (SSSR count). The van der Waals surface area contributed by atoms with Crippen LogP contribution in [0.2, 0.25) is 0 Å². The zero-order valence-electron chi connectivity index (χ0n) is 11.3. The first-order chi connectivity index (χ1) is 9.58. The number of nitrogens with zero attached hydrogens (tertiary/aromatic N) is 3. The number of nitrogens with two attached hydrogens (primary N) is 1. The van der Waals surface area contributed by atoms with Crippen molar-refractivity contribution in [1.82, 2.24) is 14.8 Å². The Morgan fingerprint density at radius 2 is 2.00 bits per heavy atom. The predicted molar refractivity (Wildman–Crippen MR) is 84.2 cm³/mol. The van der Waals surface area contributed by atoms with Gasteiger partial charge >= 0.3 is 0 Å². The highest BCUT2D eigenvalue weighted by Crippen LogP contribution is 2.25. The summed E-state index contributed by atoms with van der Waals surface area (Å²) < 4.78 is 1.88. The largest absolute Gasteiger partial charge is 0.389 e. The third kappa shape index (κ3) is 1.96. The Morgan fingerprint density at radius 1 is 1.25 bits per heavy atom. The highest BCUT2D eigenvalue weighted by Gasteiger charge is 2.15. The number of fused-ring (bicyclic) bond motifs is 1. The van der Waals surface area contributed by atoms with E-state index in [0.717, 1.165) is 33.5 Å². The highest BCUT2D eigenvalue weighted by atomic mass is 32.1. The molecule has 2 aromatic heterocycles. The molecule has 20 heavy (non-hydrogen) atoms. The van der Waals surface area contributed by atoms with Crippen molar-refractivity contribution >= 4 is 28.1 Å². The summed E-state index contributed by atoms with van der Waals surface area (Å²) in [7, 11) is 0. The van der Waals surface area contributed by atoms with Crippen molar-refractivity contribution in [2.45, 2.75) is 13.8 Å². The van der Waals surface area contributed by atoms with Crippen LogP contribution in [0.3, 0.4) is 0 Å². The average Bonchev–Trinajstić information content (AvgIpc) is 2.76. The van der Waals surface area contributed by atoms with E-state index in [1.54, 1.807) is 6.20 Å². The van der Waals surface area contributed by atoms with Gasteiger partial charge < -0.3 is 5.73 Å². The van der Waals surface area contributed by atoms with Gasteiger partial charge in [-0.05, 0) is 26.0 Å². The normalized spacial score (nSPS) is 10.9. The summed E-state index contributed by atoms with van der Waals surface area (Å²) in [5.74, 6) is 0. The van der Waals surface area contributed by atoms with Gasteiger partial charge in [-0.1, -0.05) is 30.4 Å². The maximum absolute atomic E-state index is 5.85. The smallest absolute Gasteiger partial charge is 0.107 e. The molecule has 100 valence electrons. The zero-order valence-corrected chi connectivity index (χ0v) is 12.1. The maximum atomic E-state index is 5.85. The lowest BCUT2D eigenvalue weighted by Gasteiger charge is -2.13. The molecule has 0 bridgehead atoms. The fourth-order valence-electron chi connectivity index (χ4n) is 2.39. The number of aromatic nitrogens is 3. The molecule has 0 saturated carbocycles. The molecule has 0 spiro atoms. The van der Waals surface area contributed by atoms with E-state index in [1.165, 1.54) is 0 Å². The summed E-state index contributed by atoms with van der Waals surface area (Å²) in [6.07, 6.45) is 1.72. The molecular weight excluding hydrogens is 268 g/mol. The summed E-state index contributed by atoms with van der Waals surface area (Å²) in [5.41, 5.74) is 10.4. The summed E-state index contributed by atoms with van der Waals surface area (Å²) in [5, 5.41) is 5.54. The molecule has 0 amide bonds. The molecule has 0 atom stereocenters. The number of rotatable bonds is 2. The molecule has 3 aromatic rings. The zero-order chi connectivity index (χ0) is 14.3. The highest BCUT2D eigenvalue weighted by molar-refractivity contribution is 7.80. The Kier molecular flexibility index (Phi) is 2.99. The first-order valence-corrected chi connectivity index (χ1v) is 6.70. The van der Waals surface area contributed by atoms with Crippen molar-refractivity contribution in [3.63, 3.8) is 0 Å². The molecular formula is C15H14N4S. The van der Waals surface area contributed by atoms with Crippen LogP contribution in [0.4, 0.5) is 0 Å². The van der Waals surface area contributed by atoms with E-state index >= 15 is 0 Å². The lowest BCUT2D eigenvalue weighted by Crippen LogP contribution is -2.15. The van der Waals surface area contributed by atoms with E-state index in [9.17, 15) is 0 Å². The van der Waals surface area contributed by atoms with Gasteiger partial charge in [-0.15, -0.1) is 0 Å². The van der Waals surface area contributed by atoms with Crippen molar-refractivity contribution in [2.24, 2.45) is 5.73 Å².